The standard InChI is InChI=1S/C16H14F2N2O3/c1-10-15(21)20(13-5-4-11(17)9-12(13)18)7-6-19(10)16(22)14-3-2-8-23-14/h2-5,8-10H,6-7H2,1H3. The van der Waals surface area contributed by atoms with E-state index < -0.39 is 29.5 Å². The van der Waals surface area contributed by atoms with Gasteiger partial charge in [-0.05, 0) is 31.2 Å². The summed E-state index contributed by atoms with van der Waals surface area (Å²) in [6, 6.07) is 5.38. The van der Waals surface area contributed by atoms with Gasteiger partial charge in [0.1, 0.15) is 17.7 Å². The zero-order valence-electron chi connectivity index (χ0n) is 12.3. The lowest BCUT2D eigenvalue weighted by molar-refractivity contribution is -0.124. The van der Waals surface area contributed by atoms with E-state index in [-0.39, 0.29) is 24.5 Å². The predicted molar refractivity (Wildman–Crippen MR) is 77.9 cm³/mol. The van der Waals surface area contributed by atoms with Crippen LogP contribution < -0.4 is 4.90 Å². The number of nitrogens with zero attached hydrogens (tertiary/aromatic N) is 2. The van der Waals surface area contributed by atoms with Crippen LogP contribution in [0.4, 0.5) is 14.5 Å². The van der Waals surface area contributed by atoms with Gasteiger partial charge in [0.25, 0.3) is 5.91 Å². The molecule has 120 valence electrons. The number of amides is 2. The van der Waals surface area contributed by atoms with Crippen molar-refractivity contribution in [3.8, 4) is 0 Å². The molecule has 0 aliphatic carbocycles. The van der Waals surface area contributed by atoms with Crippen LogP contribution in [0.15, 0.2) is 41.0 Å². The molecule has 0 saturated carbocycles. The Morgan fingerprint density at radius 3 is 2.70 bits per heavy atom. The molecule has 1 unspecified atom stereocenters. The van der Waals surface area contributed by atoms with E-state index in [1.54, 1.807) is 13.0 Å². The fraction of sp³-hybridized carbons (Fsp3) is 0.250. The summed E-state index contributed by atoms with van der Waals surface area (Å²) >= 11 is 0. The molecule has 2 heterocycles. The highest BCUT2D eigenvalue weighted by Crippen LogP contribution is 2.25. The first-order chi connectivity index (χ1) is 11.0. The van der Waals surface area contributed by atoms with Gasteiger partial charge in [-0.25, -0.2) is 8.78 Å². The van der Waals surface area contributed by atoms with E-state index in [0.29, 0.717) is 0 Å². The molecule has 7 heteroatoms. The molecular weight excluding hydrogens is 306 g/mol. The molecule has 1 aromatic carbocycles. The first kappa shape index (κ1) is 15.2. The van der Waals surface area contributed by atoms with Gasteiger partial charge in [-0.1, -0.05) is 0 Å². The molecule has 1 atom stereocenters. The Kier molecular flexibility index (Phi) is 3.85. The van der Waals surface area contributed by atoms with Crippen LogP contribution in [0.1, 0.15) is 17.5 Å². The molecule has 5 nitrogen and oxygen atoms in total. The molecular formula is C16H14F2N2O3. The minimum absolute atomic E-state index is 0.00773. The maximum Gasteiger partial charge on any atom is 0.290 e. The Morgan fingerprint density at radius 2 is 2.04 bits per heavy atom. The number of furan rings is 1. The smallest absolute Gasteiger partial charge is 0.290 e. The van der Waals surface area contributed by atoms with Crippen LogP contribution in [0.5, 0.6) is 0 Å². The van der Waals surface area contributed by atoms with Gasteiger partial charge < -0.3 is 14.2 Å². The Morgan fingerprint density at radius 1 is 1.26 bits per heavy atom. The summed E-state index contributed by atoms with van der Waals surface area (Å²) in [5, 5.41) is 0. The van der Waals surface area contributed by atoms with Crippen LogP contribution in [-0.4, -0.2) is 35.8 Å². The molecule has 3 rings (SSSR count). The van der Waals surface area contributed by atoms with Gasteiger partial charge in [-0.15, -0.1) is 0 Å². The SMILES string of the molecule is CC1C(=O)N(c2ccc(F)cc2F)CCN1C(=O)c1ccco1. The second-order valence-electron chi connectivity index (χ2n) is 5.24. The lowest BCUT2D eigenvalue weighted by Gasteiger charge is -2.38. The largest absolute Gasteiger partial charge is 0.459 e. The van der Waals surface area contributed by atoms with Gasteiger partial charge in [0.15, 0.2) is 5.76 Å². The Hall–Kier alpha value is -2.70. The van der Waals surface area contributed by atoms with E-state index in [9.17, 15) is 18.4 Å². The van der Waals surface area contributed by atoms with Crippen molar-refractivity contribution in [3.63, 3.8) is 0 Å². The van der Waals surface area contributed by atoms with E-state index in [0.717, 1.165) is 12.1 Å². The third-order valence-corrected chi connectivity index (χ3v) is 3.85. The van der Waals surface area contributed by atoms with Crippen molar-refractivity contribution in [1.29, 1.82) is 0 Å². The summed E-state index contributed by atoms with van der Waals surface area (Å²) in [6.45, 7) is 1.91. The fourth-order valence-electron chi connectivity index (χ4n) is 2.63. The highest BCUT2D eigenvalue weighted by molar-refractivity contribution is 6.02. The minimum atomic E-state index is -0.809. The molecule has 1 fully saturated rings. The number of carbonyl (C=O) groups excluding carboxylic acids is 2. The first-order valence-electron chi connectivity index (χ1n) is 7.10. The molecule has 1 aliphatic rings. The van der Waals surface area contributed by atoms with E-state index in [4.69, 9.17) is 4.42 Å². The molecule has 23 heavy (non-hydrogen) atoms. The van der Waals surface area contributed by atoms with Crippen molar-refractivity contribution in [2.75, 3.05) is 18.0 Å². The fourth-order valence-corrected chi connectivity index (χ4v) is 2.63. The minimum Gasteiger partial charge on any atom is -0.459 e. The predicted octanol–water partition coefficient (Wildman–Crippen LogP) is 2.44. The highest BCUT2D eigenvalue weighted by Gasteiger charge is 2.37. The molecule has 1 aromatic heterocycles. The molecule has 0 spiro atoms. The average Bonchev–Trinajstić information content (AvgIpc) is 3.04. The zero-order valence-corrected chi connectivity index (χ0v) is 12.3. The normalized spacial score (nSPS) is 18.4. The third-order valence-electron chi connectivity index (χ3n) is 3.85. The number of hydrogen-bond donors (Lipinski definition) is 0. The maximum atomic E-state index is 13.9. The van der Waals surface area contributed by atoms with Gasteiger partial charge in [-0.3, -0.25) is 9.59 Å². The topological polar surface area (TPSA) is 53.8 Å². The maximum absolute atomic E-state index is 13.9. The number of anilines is 1. The van der Waals surface area contributed by atoms with Gasteiger partial charge in [-0.2, -0.15) is 0 Å². The number of hydrogen-bond acceptors (Lipinski definition) is 3. The number of piperazine rings is 1. The van der Waals surface area contributed by atoms with Crippen LogP contribution in [0, 0.1) is 11.6 Å². The summed E-state index contributed by atoms with van der Waals surface area (Å²) in [7, 11) is 0. The summed E-state index contributed by atoms with van der Waals surface area (Å²) < 4.78 is 31.9. The average molecular weight is 320 g/mol. The van der Waals surface area contributed by atoms with E-state index in [1.807, 2.05) is 0 Å². The number of benzene rings is 1. The van der Waals surface area contributed by atoms with Crippen molar-refractivity contribution in [1.82, 2.24) is 4.90 Å². The van der Waals surface area contributed by atoms with E-state index in [1.165, 1.54) is 28.2 Å². The van der Waals surface area contributed by atoms with Crippen LogP contribution in [0.25, 0.3) is 0 Å². The van der Waals surface area contributed by atoms with Crippen molar-refractivity contribution in [2.24, 2.45) is 0 Å². The van der Waals surface area contributed by atoms with Gasteiger partial charge in [0.05, 0.1) is 12.0 Å². The molecule has 2 aromatic rings. The number of halogens is 2. The Labute approximate surface area is 131 Å². The quantitative estimate of drug-likeness (QED) is 0.854. The van der Waals surface area contributed by atoms with Gasteiger partial charge in [0, 0.05) is 19.2 Å². The third kappa shape index (κ3) is 2.69. The second kappa shape index (κ2) is 5.83. The van der Waals surface area contributed by atoms with Gasteiger partial charge >= 0.3 is 0 Å². The molecule has 2 amide bonds. The van der Waals surface area contributed by atoms with Crippen LogP contribution in [-0.2, 0) is 4.79 Å². The molecule has 1 aliphatic heterocycles. The van der Waals surface area contributed by atoms with E-state index in [2.05, 4.69) is 0 Å². The summed E-state index contributed by atoms with van der Waals surface area (Å²) in [6.07, 6.45) is 1.38. The highest BCUT2D eigenvalue weighted by atomic mass is 19.1. The first-order valence-corrected chi connectivity index (χ1v) is 7.10. The van der Waals surface area contributed by atoms with Crippen LogP contribution >= 0.6 is 0 Å². The van der Waals surface area contributed by atoms with Crippen molar-refractivity contribution < 1.29 is 22.8 Å². The monoisotopic (exact) mass is 320 g/mol. The Balaban J connectivity index is 1.82. The lowest BCUT2D eigenvalue weighted by Crippen LogP contribution is -2.58. The summed E-state index contributed by atoms with van der Waals surface area (Å²) in [5.74, 6) is -2.20. The summed E-state index contributed by atoms with van der Waals surface area (Å²) in [4.78, 5) is 27.4. The molecule has 1 saturated heterocycles. The summed E-state index contributed by atoms with van der Waals surface area (Å²) in [5.41, 5.74) is 0.00773. The van der Waals surface area contributed by atoms with Crippen LogP contribution in [0.2, 0.25) is 0 Å². The molecule has 0 bridgehead atoms. The molecule has 0 N–H and O–H groups in total. The van der Waals surface area contributed by atoms with Crippen molar-refractivity contribution in [3.05, 3.63) is 54.0 Å². The van der Waals surface area contributed by atoms with Crippen LogP contribution in [0.3, 0.4) is 0 Å². The molecule has 0 radical (unpaired) electrons. The Bertz CT molecular complexity index is 746. The van der Waals surface area contributed by atoms with Gasteiger partial charge in [0.2, 0.25) is 5.91 Å². The van der Waals surface area contributed by atoms with Crippen molar-refractivity contribution >= 4 is 17.5 Å². The lowest BCUT2D eigenvalue weighted by atomic mass is 10.1. The zero-order chi connectivity index (χ0) is 16.6. The van der Waals surface area contributed by atoms with Crippen molar-refractivity contribution in [2.45, 2.75) is 13.0 Å². The second-order valence-corrected chi connectivity index (χ2v) is 5.24. The van der Waals surface area contributed by atoms with E-state index >= 15 is 0 Å². The number of rotatable bonds is 2. The number of carbonyl (C=O) groups is 2.